The van der Waals surface area contributed by atoms with Gasteiger partial charge in [0.2, 0.25) is 0 Å². The predicted octanol–water partition coefficient (Wildman–Crippen LogP) is 3.81. The molecule has 4 aromatic heterocycles. The lowest BCUT2D eigenvalue weighted by Crippen LogP contribution is -2.06. The third-order valence-corrected chi connectivity index (χ3v) is 6.83. The second kappa shape index (κ2) is 7.28. The molecule has 1 aromatic carbocycles. The highest BCUT2D eigenvalue weighted by molar-refractivity contribution is 7.19. The number of rotatable bonds is 4. The Kier molecular flexibility index (Phi) is 4.27. The summed E-state index contributed by atoms with van der Waals surface area (Å²) in [5.41, 5.74) is 4.49. The molecule has 0 saturated carbocycles. The standard InChI is InChI=1S/C22H19N7OS/c30-22-26-14-6-5-12(9-15(14)27-22)10-25-20-18-13-3-1-2-4-17(13)31-21(18)29-19(28-20)16-11-23-7-8-24-16/h5-9,11H,1-4,10H2,(H,25,28,29)(H2,26,27,30). The predicted molar refractivity (Wildman–Crippen MR) is 121 cm³/mol. The van der Waals surface area contributed by atoms with Crippen LogP contribution in [-0.2, 0) is 19.4 Å². The molecule has 1 aliphatic rings. The molecule has 0 unspecified atom stereocenters. The van der Waals surface area contributed by atoms with Gasteiger partial charge < -0.3 is 15.3 Å². The summed E-state index contributed by atoms with van der Waals surface area (Å²) < 4.78 is 0. The van der Waals surface area contributed by atoms with Gasteiger partial charge in [0.25, 0.3) is 0 Å². The monoisotopic (exact) mass is 429 g/mol. The number of nitrogens with one attached hydrogen (secondary N) is 3. The lowest BCUT2D eigenvalue weighted by molar-refractivity contribution is 0.700. The van der Waals surface area contributed by atoms with Crippen LogP contribution in [0.2, 0.25) is 0 Å². The highest BCUT2D eigenvalue weighted by Crippen LogP contribution is 2.39. The van der Waals surface area contributed by atoms with Crippen molar-refractivity contribution in [2.24, 2.45) is 0 Å². The van der Waals surface area contributed by atoms with E-state index in [1.807, 2.05) is 18.2 Å². The van der Waals surface area contributed by atoms with Crippen LogP contribution < -0.4 is 11.0 Å². The highest BCUT2D eigenvalue weighted by atomic mass is 32.1. The van der Waals surface area contributed by atoms with Gasteiger partial charge in [-0.2, -0.15) is 0 Å². The summed E-state index contributed by atoms with van der Waals surface area (Å²) >= 11 is 1.77. The summed E-state index contributed by atoms with van der Waals surface area (Å²) in [4.78, 5) is 37.8. The largest absolute Gasteiger partial charge is 0.365 e. The number of aryl methyl sites for hydroxylation is 2. The number of hydrogen-bond donors (Lipinski definition) is 3. The van der Waals surface area contributed by atoms with Crippen LogP contribution in [0.3, 0.4) is 0 Å². The molecule has 0 spiro atoms. The molecule has 0 fully saturated rings. The fourth-order valence-corrected chi connectivity index (χ4v) is 5.45. The van der Waals surface area contributed by atoms with E-state index in [9.17, 15) is 4.79 Å². The van der Waals surface area contributed by atoms with Gasteiger partial charge >= 0.3 is 5.69 Å². The van der Waals surface area contributed by atoms with E-state index in [1.54, 1.807) is 29.9 Å². The minimum atomic E-state index is -0.198. The van der Waals surface area contributed by atoms with Crippen molar-refractivity contribution in [3.8, 4) is 11.5 Å². The molecule has 0 amide bonds. The number of nitrogens with zero attached hydrogens (tertiary/aromatic N) is 4. The Morgan fingerprint density at radius 2 is 1.97 bits per heavy atom. The molecule has 5 aromatic rings. The number of H-pyrrole nitrogens is 2. The van der Waals surface area contributed by atoms with Gasteiger partial charge in [0.1, 0.15) is 16.3 Å². The Morgan fingerprint density at radius 1 is 1.06 bits per heavy atom. The third-order valence-electron chi connectivity index (χ3n) is 5.65. The zero-order valence-electron chi connectivity index (χ0n) is 16.6. The van der Waals surface area contributed by atoms with E-state index in [2.05, 4.69) is 25.3 Å². The molecule has 31 heavy (non-hydrogen) atoms. The minimum Gasteiger partial charge on any atom is -0.365 e. The van der Waals surface area contributed by atoms with Crippen LogP contribution in [0.15, 0.2) is 41.6 Å². The molecular formula is C22H19N7OS. The fourth-order valence-electron chi connectivity index (χ4n) is 4.19. The van der Waals surface area contributed by atoms with Crippen molar-refractivity contribution < 1.29 is 0 Å². The Morgan fingerprint density at radius 3 is 2.87 bits per heavy atom. The zero-order valence-corrected chi connectivity index (χ0v) is 17.4. The number of thiophene rings is 1. The van der Waals surface area contributed by atoms with Crippen LogP contribution in [0, 0.1) is 0 Å². The van der Waals surface area contributed by atoms with E-state index in [4.69, 9.17) is 9.97 Å². The summed E-state index contributed by atoms with van der Waals surface area (Å²) in [6.07, 6.45) is 9.58. The van der Waals surface area contributed by atoms with Gasteiger partial charge in [-0.1, -0.05) is 6.07 Å². The molecule has 6 rings (SSSR count). The van der Waals surface area contributed by atoms with Gasteiger partial charge in [0, 0.05) is 23.8 Å². The summed E-state index contributed by atoms with van der Waals surface area (Å²) in [5.74, 6) is 1.40. The number of anilines is 1. The SMILES string of the molecule is O=c1[nH]c2ccc(CNc3nc(-c4cnccn4)nc4sc5c(c34)CCCC5)cc2[nH]1. The first-order valence-electron chi connectivity index (χ1n) is 10.3. The van der Waals surface area contributed by atoms with Crippen molar-refractivity contribution in [1.82, 2.24) is 29.9 Å². The van der Waals surface area contributed by atoms with Crippen LogP contribution in [0.1, 0.15) is 28.8 Å². The zero-order chi connectivity index (χ0) is 20.8. The van der Waals surface area contributed by atoms with E-state index in [0.29, 0.717) is 18.1 Å². The number of imidazole rings is 1. The Hall–Kier alpha value is -3.59. The number of benzene rings is 1. The van der Waals surface area contributed by atoms with Crippen LogP contribution in [0.4, 0.5) is 5.82 Å². The number of fused-ring (bicyclic) bond motifs is 4. The van der Waals surface area contributed by atoms with Crippen molar-refractivity contribution in [2.75, 3.05) is 5.32 Å². The van der Waals surface area contributed by atoms with Crippen molar-refractivity contribution in [2.45, 2.75) is 32.2 Å². The minimum absolute atomic E-state index is 0.198. The molecule has 0 aliphatic heterocycles. The molecular weight excluding hydrogens is 410 g/mol. The van der Waals surface area contributed by atoms with E-state index in [-0.39, 0.29) is 5.69 Å². The van der Waals surface area contributed by atoms with Crippen LogP contribution in [0.5, 0.6) is 0 Å². The number of aromatic amines is 2. The van der Waals surface area contributed by atoms with Crippen molar-refractivity contribution in [1.29, 1.82) is 0 Å². The molecule has 0 saturated heterocycles. The van der Waals surface area contributed by atoms with E-state index >= 15 is 0 Å². The Labute approximate surface area is 180 Å². The van der Waals surface area contributed by atoms with Gasteiger partial charge in [0.05, 0.1) is 22.6 Å². The molecule has 1 aliphatic carbocycles. The Bertz CT molecular complexity index is 1470. The van der Waals surface area contributed by atoms with Gasteiger partial charge in [-0.3, -0.25) is 4.98 Å². The van der Waals surface area contributed by atoms with Crippen molar-refractivity contribution in [3.63, 3.8) is 0 Å². The average Bonchev–Trinajstić information content (AvgIpc) is 3.36. The van der Waals surface area contributed by atoms with Crippen LogP contribution >= 0.6 is 11.3 Å². The fraction of sp³-hybridized carbons (Fsp3) is 0.227. The molecule has 3 N–H and O–H groups in total. The first-order valence-corrected chi connectivity index (χ1v) is 11.1. The smallest absolute Gasteiger partial charge is 0.323 e. The highest BCUT2D eigenvalue weighted by Gasteiger charge is 2.22. The number of hydrogen-bond acceptors (Lipinski definition) is 7. The normalized spacial score (nSPS) is 13.5. The lowest BCUT2D eigenvalue weighted by Gasteiger charge is -2.13. The van der Waals surface area contributed by atoms with Gasteiger partial charge in [-0.25, -0.2) is 19.7 Å². The topological polar surface area (TPSA) is 112 Å². The van der Waals surface area contributed by atoms with Crippen LogP contribution in [0.25, 0.3) is 32.8 Å². The first kappa shape index (κ1) is 18.2. The lowest BCUT2D eigenvalue weighted by atomic mass is 9.97. The molecule has 4 heterocycles. The van der Waals surface area contributed by atoms with Gasteiger partial charge in [-0.05, 0) is 48.9 Å². The quantitative estimate of drug-likeness (QED) is 0.400. The summed E-state index contributed by atoms with van der Waals surface area (Å²) in [6.45, 7) is 0.583. The molecule has 0 atom stereocenters. The molecule has 154 valence electrons. The molecule has 0 radical (unpaired) electrons. The maximum atomic E-state index is 11.6. The maximum absolute atomic E-state index is 11.6. The second-order valence-electron chi connectivity index (χ2n) is 7.69. The Balaban J connectivity index is 1.43. The third kappa shape index (κ3) is 3.27. The summed E-state index contributed by atoms with van der Waals surface area (Å²) in [7, 11) is 0. The van der Waals surface area contributed by atoms with E-state index < -0.39 is 0 Å². The van der Waals surface area contributed by atoms with Gasteiger partial charge in [-0.15, -0.1) is 11.3 Å². The van der Waals surface area contributed by atoms with Crippen LogP contribution in [-0.4, -0.2) is 29.9 Å². The molecule has 0 bridgehead atoms. The molecule has 8 nitrogen and oxygen atoms in total. The summed E-state index contributed by atoms with van der Waals surface area (Å²) in [6, 6.07) is 5.90. The maximum Gasteiger partial charge on any atom is 0.323 e. The van der Waals surface area contributed by atoms with Gasteiger partial charge in [0.15, 0.2) is 5.82 Å². The second-order valence-corrected chi connectivity index (χ2v) is 8.77. The van der Waals surface area contributed by atoms with E-state index in [1.165, 1.54) is 23.3 Å². The first-order chi connectivity index (χ1) is 15.2. The number of aromatic nitrogens is 6. The van der Waals surface area contributed by atoms with E-state index in [0.717, 1.165) is 45.5 Å². The van der Waals surface area contributed by atoms with Crippen molar-refractivity contribution in [3.05, 3.63) is 63.3 Å². The molecule has 9 heteroatoms. The van der Waals surface area contributed by atoms with Crippen molar-refractivity contribution >= 4 is 38.4 Å². The summed E-state index contributed by atoms with van der Waals surface area (Å²) in [5, 5.41) is 4.66. The average molecular weight is 430 g/mol.